The average molecular weight is 351 g/mol. The van der Waals surface area contributed by atoms with Gasteiger partial charge in [-0.05, 0) is 43.4 Å². The SMILES string of the molecule is CCc1c(C)sc(NC(=O)c2cc(SC)ccc2Cl)c1C#N. The fraction of sp³-hybridized carbons (Fsp3) is 0.250. The highest BCUT2D eigenvalue weighted by molar-refractivity contribution is 7.98. The molecular formula is C16H15ClN2OS2. The smallest absolute Gasteiger partial charge is 0.257 e. The normalized spacial score (nSPS) is 10.3. The number of hydrogen-bond donors (Lipinski definition) is 1. The largest absolute Gasteiger partial charge is 0.312 e. The Kier molecular flexibility index (Phi) is 5.52. The van der Waals surface area contributed by atoms with E-state index in [4.69, 9.17) is 11.6 Å². The number of halogens is 1. The van der Waals surface area contributed by atoms with Crippen LogP contribution >= 0.6 is 34.7 Å². The standard InChI is InChI=1S/C16H15ClN2OS2/c1-4-11-9(2)22-16(13(11)8-18)19-15(20)12-7-10(21-3)5-6-14(12)17/h5-7H,4H2,1-3H3,(H,19,20). The van der Waals surface area contributed by atoms with E-state index in [1.54, 1.807) is 23.9 Å². The number of carbonyl (C=O) groups excluding carboxylic acids is 1. The number of nitrogens with one attached hydrogen (secondary N) is 1. The molecule has 0 atom stereocenters. The maximum atomic E-state index is 12.5. The Bertz CT molecular complexity index is 762. The van der Waals surface area contributed by atoms with E-state index >= 15 is 0 Å². The number of aryl methyl sites for hydroxylation is 1. The molecule has 114 valence electrons. The second-order valence-electron chi connectivity index (χ2n) is 4.61. The highest BCUT2D eigenvalue weighted by atomic mass is 35.5. The first-order chi connectivity index (χ1) is 10.5. The molecule has 1 N–H and O–H groups in total. The van der Waals surface area contributed by atoms with Crippen LogP contribution in [0.25, 0.3) is 0 Å². The molecule has 0 saturated carbocycles. The van der Waals surface area contributed by atoms with Crippen molar-refractivity contribution in [3.05, 3.63) is 44.8 Å². The molecule has 0 saturated heterocycles. The molecule has 1 heterocycles. The van der Waals surface area contributed by atoms with Crippen molar-refractivity contribution in [1.29, 1.82) is 5.26 Å². The second-order valence-corrected chi connectivity index (χ2v) is 7.12. The van der Waals surface area contributed by atoms with E-state index in [0.29, 0.717) is 21.2 Å². The highest BCUT2D eigenvalue weighted by Gasteiger charge is 2.18. The van der Waals surface area contributed by atoms with Crippen LogP contribution in [0.5, 0.6) is 0 Å². The van der Waals surface area contributed by atoms with E-state index in [1.807, 2.05) is 26.2 Å². The van der Waals surface area contributed by atoms with E-state index in [9.17, 15) is 10.1 Å². The fourth-order valence-electron chi connectivity index (χ4n) is 2.19. The summed E-state index contributed by atoms with van der Waals surface area (Å²) >= 11 is 9.09. The molecule has 1 aromatic heterocycles. The first kappa shape index (κ1) is 16.9. The van der Waals surface area contributed by atoms with Gasteiger partial charge in [0.15, 0.2) is 0 Å². The van der Waals surface area contributed by atoms with Crippen LogP contribution in [0.1, 0.15) is 33.3 Å². The lowest BCUT2D eigenvalue weighted by Gasteiger charge is -2.07. The molecule has 6 heteroatoms. The predicted molar refractivity (Wildman–Crippen MR) is 94.3 cm³/mol. The number of amides is 1. The molecule has 0 fully saturated rings. The van der Waals surface area contributed by atoms with Crippen molar-refractivity contribution in [3.8, 4) is 6.07 Å². The number of hydrogen-bond acceptors (Lipinski definition) is 4. The summed E-state index contributed by atoms with van der Waals surface area (Å²) < 4.78 is 0. The lowest BCUT2D eigenvalue weighted by molar-refractivity contribution is 0.102. The Hall–Kier alpha value is -1.48. The summed E-state index contributed by atoms with van der Waals surface area (Å²) in [6.45, 7) is 3.96. The van der Waals surface area contributed by atoms with Gasteiger partial charge in [0.25, 0.3) is 5.91 Å². The van der Waals surface area contributed by atoms with Gasteiger partial charge < -0.3 is 5.32 Å². The first-order valence-electron chi connectivity index (χ1n) is 6.69. The third-order valence-corrected chi connectivity index (χ3v) is 5.44. The van der Waals surface area contributed by atoms with Gasteiger partial charge in [-0.2, -0.15) is 5.26 Å². The van der Waals surface area contributed by atoms with Crippen LogP contribution in [0.4, 0.5) is 5.00 Å². The monoisotopic (exact) mass is 350 g/mol. The van der Waals surface area contributed by atoms with Gasteiger partial charge >= 0.3 is 0 Å². The number of rotatable bonds is 4. The average Bonchev–Trinajstić information content (AvgIpc) is 2.81. The van der Waals surface area contributed by atoms with Crippen molar-refractivity contribution in [2.24, 2.45) is 0 Å². The number of benzene rings is 1. The van der Waals surface area contributed by atoms with Gasteiger partial charge in [0.1, 0.15) is 11.1 Å². The molecular weight excluding hydrogens is 336 g/mol. The summed E-state index contributed by atoms with van der Waals surface area (Å²) in [6, 6.07) is 7.53. The second kappa shape index (κ2) is 7.19. The van der Waals surface area contributed by atoms with Crippen molar-refractivity contribution in [1.82, 2.24) is 0 Å². The van der Waals surface area contributed by atoms with Crippen LogP contribution in [-0.2, 0) is 6.42 Å². The molecule has 0 spiro atoms. The summed E-state index contributed by atoms with van der Waals surface area (Å²) in [4.78, 5) is 14.5. The molecule has 2 rings (SSSR count). The Morgan fingerprint density at radius 3 is 2.82 bits per heavy atom. The van der Waals surface area contributed by atoms with Gasteiger partial charge in [-0.3, -0.25) is 4.79 Å². The van der Waals surface area contributed by atoms with Gasteiger partial charge in [0, 0.05) is 9.77 Å². The summed E-state index contributed by atoms with van der Waals surface area (Å²) in [7, 11) is 0. The number of thioether (sulfide) groups is 1. The minimum atomic E-state index is -0.290. The molecule has 22 heavy (non-hydrogen) atoms. The zero-order chi connectivity index (χ0) is 16.3. The van der Waals surface area contributed by atoms with Crippen molar-refractivity contribution >= 4 is 45.6 Å². The predicted octanol–water partition coefficient (Wildman–Crippen LogP) is 5.12. The Labute approximate surface area is 143 Å². The molecule has 1 aromatic carbocycles. The molecule has 0 aliphatic rings. The molecule has 3 nitrogen and oxygen atoms in total. The minimum Gasteiger partial charge on any atom is -0.312 e. The molecule has 0 radical (unpaired) electrons. The van der Waals surface area contributed by atoms with Crippen molar-refractivity contribution in [2.45, 2.75) is 25.2 Å². The molecule has 0 unspecified atom stereocenters. The number of nitriles is 1. The Balaban J connectivity index is 2.36. The summed E-state index contributed by atoms with van der Waals surface area (Å²) in [6.07, 6.45) is 2.71. The zero-order valence-corrected chi connectivity index (χ0v) is 14.9. The molecule has 1 amide bonds. The Morgan fingerprint density at radius 1 is 1.50 bits per heavy atom. The molecule has 0 bridgehead atoms. The number of carbonyl (C=O) groups is 1. The summed E-state index contributed by atoms with van der Waals surface area (Å²) in [5, 5.41) is 13.2. The lowest BCUT2D eigenvalue weighted by Crippen LogP contribution is -2.12. The summed E-state index contributed by atoms with van der Waals surface area (Å²) in [5.41, 5.74) is 1.96. The van der Waals surface area contributed by atoms with Gasteiger partial charge in [0.05, 0.1) is 16.1 Å². The number of nitrogens with zero attached hydrogens (tertiary/aromatic N) is 1. The van der Waals surface area contributed by atoms with E-state index in [-0.39, 0.29) is 5.91 Å². The fourth-order valence-corrected chi connectivity index (χ4v) is 3.92. The van der Waals surface area contributed by atoms with Crippen LogP contribution < -0.4 is 5.32 Å². The van der Waals surface area contributed by atoms with Crippen LogP contribution in [-0.4, -0.2) is 12.2 Å². The van der Waals surface area contributed by atoms with Crippen LogP contribution in [0, 0.1) is 18.3 Å². The quantitative estimate of drug-likeness (QED) is 0.779. The van der Waals surface area contributed by atoms with Gasteiger partial charge in [-0.15, -0.1) is 23.1 Å². The minimum absolute atomic E-state index is 0.290. The van der Waals surface area contributed by atoms with Gasteiger partial charge in [-0.1, -0.05) is 18.5 Å². The first-order valence-corrected chi connectivity index (χ1v) is 9.11. The highest BCUT2D eigenvalue weighted by Crippen LogP contribution is 2.33. The maximum absolute atomic E-state index is 12.5. The molecule has 0 aliphatic carbocycles. The van der Waals surface area contributed by atoms with E-state index in [0.717, 1.165) is 21.8 Å². The third kappa shape index (κ3) is 3.30. The van der Waals surface area contributed by atoms with Crippen molar-refractivity contribution in [2.75, 3.05) is 11.6 Å². The molecule has 2 aromatic rings. The molecule has 0 aliphatic heterocycles. The van der Waals surface area contributed by atoms with E-state index in [1.165, 1.54) is 11.3 Å². The number of anilines is 1. The topological polar surface area (TPSA) is 52.9 Å². The van der Waals surface area contributed by atoms with E-state index < -0.39 is 0 Å². The summed E-state index contributed by atoms with van der Waals surface area (Å²) in [5.74, 6) is -0.290. The van der Waals surface area contributed by atoms with Gasteiger partial charge in [0.2, 0.25) is 0 Å². The van der Waals surface area contributed by atoms with Crippen LogP contribution in [0.3, 0.4) is 0 Å². The van der Waals surface area contributed by atoms with Crippen molar-refractivity contribution < 1.29 is 4.79 Å². The third-order valence-electron chi connectivity index (χ3n) is 3.32. The van der Waals surface area contributed by atoms with Gasteiger partial charge in [-0.25, -0.2) is 0 Å². The number of thiophene rings is 1. The maximum Gasteiger partial charge on any atom is 0.257 e. The Morgan fingerprint density at radius 2 is 2.23 bits per heavy atom. The van der Waals surface area contributed by atoms with Crippen LogP contribution in [0.2, 0.25) is 5.02 Å². The van der Waals surface area contributed by atoms with Crippen LogP contribution in [0.15, 0.2) is 23.1 Å². The van der Waals surface area contributed by atoms with Crippen molar-refractivity contribution in [3.63, 3.8) is 0 Å². The zero-order valence-electron chi connectivity index (χ0n) is 12.5. The lowest BCUT2D eigenvalue weighted by atomic mass is 10.1. The van der Waals surface area contributed by atoms with E-state index in [2.05, 4.69) is 11.4 Å².